The molecule has 0 N–H and O–H groups in total. The Morgan fingerprint density at radius 3 is 2.86 bits per heavy atom. The van der Waals surface area contributed by atoms with Gasteiger partial charge in [-0.3, -0.25) is 0 Å². The van der Waals surface area contributed by atoms with Crippen LogP contribution in [0.2, 0.25) is 0 Å². The number of nitrogens with zero attached hydrogens (tertiary/aromatic N) is 2. The minimum Gasteiger partial charge on any atom is -0.377 e. The van der Waals surface area contributed by atoms with Gasteiger partial charge in [0.2, 0.25) is 0 Å². The lowest BCUT2D eigenvalue weighted by Crippen LogP contribution is -2.59. The predicted molar refractivity (Wildman–Crippen MR) is 84.8 cm³/mol. The molecule has 0 saturated carbocycles. The molecule has 2 amide bonds. The van der Waals surface area contributed by atoms with E-state index in [9.17, 15) is 4.79 Å². The quantitative estimate of drug-likeness (QED) is 0.591. The number of fused-ring (bicyclic) bond motifs is 1. The number of urea groups is 1. The zero-order valence-electron chi connectivity index (χ0n) is 13.5. The van der Waals surface area contributed by atoms with Crippen LogP contribution in [0.25, 0.3) is 0 Å². The van der Waals surface area contributed by atoms with Gasteiger partial charge in [-0.25, -0.2) is 4.79 Å². The van der Waals surface area contributed by atoms with Crippen molar-refractivity contribution >= 4 is 6.03 Å². The lowest BCUT2D eigenvalue weighted by molar-refractivity contribution is -0.145. The van der Waals surface area contributed by atoms with Crippen molar-refractivity contribution < 1.29 is 14.3 Å². The van der Waals surface area contributed by atoms with Crippen molar-refractivity contribution in [2.24, 2.45) is 5.41 Å². The van der Waals surface area contributed by atoms with E-state index in [1.165, 1.54) is 0 Å². The number of carbonyl (C=O) groups excluding carboxylic acids is 1. The highest BCUT2D eigenvalue weighted by atomic mass is 16.5. The molecule has 0 aliphatic carbocycles. The number of ether oxygens (including phenoxy) is 2. The van der Waals surface area contributed by atoms with Crippen LogP contribution >= 0.6 is 0 Å². The first-order valence-corrected chi connectivity index (χ1v) is 8.59. The molecular weight excluding hydrogens is 280 g/mol. The second kappa shape index (κ2) is 7.01. The predicted octanol–water partition coefficient (Wildman–Crippen LogP) is 2.28. The molecule has 22 heavy (non-hydrogen) atoms. The molecule has 3 fully saturated rings. The molecule has 3 saturated heterocycles. The maximum absolute atomic E-state index is 12.7. The van der Waals surface area contributed by atoms with E-state index in [1.54, 1.807) is 6.08 Å². The van der Waals surface area contributed by atoms with Crippen LogP contribution in [0.3, 0.4) is 0 Å². The molecule has 3 heterocycles. The first-order chi connectivity index (χ1) is 10.7. The molecule has 3 aliphatic heterocycles. The summed E-state index contributed by atoms with van der Waals surface area (Å²) in [6, 6.07) is 0.213. The van der Waals surface area contributed by atoms with Gasteiger partial charge in [0.15, 0.2) is 0 Å². The fourth-order valence-electron chi connectivity index (χ4n) is 4.12. The Hall–Kier alpha value is -1.07. The summed E-state index contributed by atoms with van der Waals surface area (Å²) < 4.78 is 11.8. The molecule has 0 spiro atoms. The normalized spacial score (nSPS) is 31.9. The summed E-state index contributed by atoms with van der Waals surface area (Å²) in [6.07, 6.45) is 7.35. The van der Waals surface area contributed by atoms with E-state index in [4.69, 9.17) is 9.47 Å². The van der Waals surface area contributed by atoms with Crippen LogP contribution < -0.4 is 0 Å². The van der Waals surface area contributed by atoms with Crippen molar-refractivity contribution in [1.29, 1.82) is 0 Å². The van der Waals surface area contributed by atoms with Crippen LogP contribution in [0.15, 0.2) is 12.7 Å². The molecule has 124 valence electrons. The third-order valence-electron chi connectivity index (χ3n) is 5.26. The maximum Gasteiger partial charge on any atom is 0.320 e. The van der Waals surface area contributed by atoms with Crippen molar-refractivity contribution in [3.05, 3.63) is 12.7 Å². The molecule has 0 unspecified atom stereocenters. The summed E-state index contributed by atoms with van der Waals surface area (Å²) in [5, 5.41) is 0. The Morgan fingerprint density at radius 2 is 2.09 bits per heavy atom. The Morgan fingerprint density at radius 1 is 1.27 bits per heavy atom. The van der Waals surface area contributed by atoms with Crippen molar-refractivity contribution in [2.75, 3.05) is 46.0 Å². The average molecular weight is 308 g/mol. The molecule has 5 nitrogen and oxygen atoms in total. The average Bonchev–Trinajstić information content (AvgIpc) is 3.08. The van der Waals surface area contributed by atoms with Gasteiger partial charge in [-0.2, -0.15) is 0 Å². The van der Waals surface area contributed by atoms with Crippen molar-refractivity contribution in [3.8, 4) is 0 Å². The van der Waals surface area contributed by atoms with E-state index < -0.39 is 0 Å². The van der Waals surface area contributed by atoms with E-state index in [0.29, 0.717) is 13.2 Å². The van der Waals surface area contributed by atoms with Crippen molar-refractivity contribution in [3.63, 3.8) is 0 Å². The first kappa shape index (κ1) is 15.8. The molecule has 5 heteroatoms. The summed E-state index contributed by atoms with van der Waals surface area (Å²) >= 11 is 0. The highest BCUT2D eigenvalue weighted by molar-refractivity contribution is 5.75. The summed E-state index contributed by atoms with van der Waals surface area (Å²) in [4.78, 5) is 16.7. The molecule has 0 radical (unpaired) electrons. The number of carbonyl (C=O) groups is 1. The Kier molecular flexibility index (Phi) is 5.03. The van der Waals surface area contributed by atoms with Crippen molar-refractivity contribution in [1.82, 2.24) is 9.80 Å². The van der Waals surface area contributed by atoms with Crippen LogP contribution in [-0.4, -0.2) is 67.9 Å². The highest BCUT2D eigenvalue weighted by Gasteiger charge is 2.47. The van der Waals surface area contributed by atoms with Gasteiger partial charge in [0.25, 0.3) is 0 Å². The number of rotatable bonds is 4. The van der Waals surface area contributed by atoms with E-state index in [2.05, 4.69) is 6.58 Å². The van der Waals surface area contributed by atoms with Gasteiger partial charge in [-0.05, 0) is 32.1 Å². The standard InChI is InChI=1S/C17H28N2O3/c1-2-11-21-14-17-7-5-12-22-15(17)6-10-19(13-17)16(20)18-8-3-4-9-18/h2,15H,1,3-14H2/t15-,17+/m0/s1. The maximum atomic E-state index is 12.7. The minimum atomic E-state index is -0.0328. The van der Waals surface area contributed by atoms with Crippen LogP contribution in [0.5, 0.6) is 0 Å². The molecule has 0 aromatic heterocycles. The number of likely N-dealkylation sites (tertiary alicyclic amines) is 2. The van der Waals surface area contributed by atoms with E-state index in [-0.39, 0.29) is 17.6 Å². The smallest absolute Gasteiger partial charge is 0.320 e. The number of hydrogen-bond acceptors (Lipinski definition) is 3. The zero-order valence-corrected chi connectivity index (χ0v) is 13.5. The highest BCUT2D eigenvalue weighted by Crippen LogP contribution is 2.40. The first-order valence-electron chi connectivity index (χ1n) is 8.59. The topological polar surface area (TPSA) is 42.0 Å². The van der Waals surface area contributed by atoms with E-state index >= 15 is 0 Å². The van der Waals surface area contributed by atoms with Gasteiger partial charge in [-0.1, -0.05) is 6.08 Å². The monoisotopic (exact) mass is 308 g/mol. The van der Waals surface area contributed by atoms with Crippen LogP contribution in [0, 0.1) is 5.41 Å². The van der Waals surface area contributed by atoms with Gasteiger partial charge < -0.3 is 19.3 Å². The Labute approximate surface area is 133 Å². The summed E-state index contributed by atoms with van der Waals surface area (Å²) in [5.74, 6) is 0. The molecule has 0 bridgehead atoms. The van der Waals surface area contributed by atoms with Gasteiger partial charge in [0.1, 0.15) is 0 Å². The number of hydrogen-bond donors (Lipinski definition) is 0. The zero-order chi connectivity index (χ0) is 15.4. The molecule has 2 atom stereocenters. The molecule has 3 rings (SSSR count). The summed E-state index contributed by atoms with van der Waals surface area (Å²) in [5.41, 5.74) is -0.0328. The van der Waals surface area contributed by atoms with Crippen LogP contribution in [0.1, 0.15) is 32.1 Å². The third kappa shape index (κ3) is 3.15. The van der Waals surface area contributed by atoms with Gasteiger partial charge in [0, 0.05) is 38.2 Å². The fraction of sp³-hybridized carbons (Fsp3) is 0.824. The number of piperidine rings is 1. The fourth-order valence-corrected chi connectivity index (χ4v) is 4.12. The largest absolute Gasteiger partial charge is 0.377 e. The van der Waals surface area contributed by atoms with Crippen molar-refractivity contribution in [2.45, 2.75) is 38.2 Å². The lowest BCUT2D eigenvalue weighted by Gasteiger charge is -2.50. The Balaban J connectivity index is 1.68. The molecular formula is C17H28N2O3. The minimum absolute atomic E-state index is 0.0328. The lowest BCUT2D eigenvalue weighted by atomic mass is 9.73. The second-order valence-electron chi connectivity index (χ2n) is 6.82. The van der Waals surface area contributed by atoms with Gasteiger partial charge in [-0.15, -0.1) is 6.58 Å². The Bertz CT molecular complexity index is 409. The molecule has 0 aromatic carbocycles. The molecule has 0 aromatic rings. The van der Waals surface area contributed by atoms with Gasteiger partial charge in [0.05, 0.1) is 19.3 Å². The molecule has 3 aliphatic rings. The summed E-state index contributed by atoms with van der Waals surface area (Å²) in [6.45, 7) is 9.18. The van der Waals surface area contributed by atoms with E-state index in [1.807, 2.05) is 9.80 Å². The van der Waals surface area contributed by atoms with E-state index in [0.717, 1.165) is 64.9 Å². The third-order valence-corrected chi connectivity index (χ3v) is 5.26. The second-order valence-corrected chi connectivity index (χ2v) is 6.82. The summed E-state index contributed by atoms with van der Waals surface area (Å²) in [7, 11) is 0. The SMILES string of the molecule is C=CCOC[C@]12CCCO[C@H]1CCN(C(=O)N1CCCC1)C2. The van der Waals surface area contributed by atoms with Gasteiger partial charge >= 0.3 is 6.03 Å². The van der Waals surface area contributed by atoms with Crippen LogP contribution in [0.4, 0.5) is 4.79 Å². The van der Waals surface area contributed by atoms with Crippen LogP contribution in [-0.2, 0) is 9.47 Å². The number of amides is 2.